The van der Waals surface area contributed by atoms with Gasteiger partial charge in [0.15, 0.2) is 5.03 Å². The van der Waals surface area contributed by atoms with Gasteiger partial charge < -0.3 is 5.32 Å². The first-order valence-corrected chi connectivity index (χ1v) is 7.40. The van der Waals surface area contributed by atoms with E-state index in [0.29, 0.717) is 17.8 Å². The molecule has 1 rings (SSSR count). The number of aryl methyl sites for hydroxylation is 1. The molecule has 1 aromatic rings. The van der Waals surface area contributed by atoms with Crippen molar-refractivity contribution in [1.29, 1.82) is 0 Å². The molecule has 0 radical (unpaired) electrons. The van der Waals surface area contributed by atoms with Crippen LogP contribution in [0.1, 0.15) is 24.1 Å². The maximum absolute atomic E-state index is 12.0. The van der Waals surface area contributed by atoms with Crippen molar-refractivity contribution >= 4 is 10.0 Å². The summed E-state index contributed by atoms with van der Waals surface area (Å²) in [5, 5.41) is 8.88. The second kappa shape index (κ2) is 6.55. The lowest BCUT2D eigenvalue weighted by molar-refractivity contribution is -0.135. The summed E-state index contributed by atoms with van der Waals surface area (Å²) in [6.45, 7) is 1.68. The molecule has 1 heterocycles. The van der Waals surface area contributed by atoms with Gasteiger partial charge in [0.05, 0.1) is 0 Å². The van der Waals surface area contributed by atoms with Gasteiger partial charge in [-0.25, -0.2) is 13.1 Å². The maximum Gasteiger partial charge on any atom is 0.389 e. The number of rotatable bonds is 7. The van der Waals surface area contributed by atoms with Crippen LogP contribution in [0.25, 0.3) is 0 Å². The van der Waals surface area contributed by atoms with Gasteiger partial charge in [-0.15, -0.1) is 0 Å². The number of halogens is 3. The number of hydrogen-bond donors (Lipinski definition) is 3. The zero-order valence-corrected chi connectivity index (χ0v) is 12.0. The Morgan fingerprint density at radius 3 is 2.55 bits per heavy atom. The predicted octanol–water partition coefficient (Wildman–Crippen LogP) is 1.06. The van der Waals surface area contributed by atoms with Crippen molar-refractivity contribution in [2.75, 3.05) is 13.6 Å². The Hall–Kier alpha value is -1.13. The van der Waals surface area contributed by atoms with E-state index in [0.717, 1.165) is 0 Å². The molecule has 0 aromatic carbocycles. The maximum atomic E-state index is 12.0. The highest BCUT2D eigenvalue weighted by molar-refractivity contribution is 7.89. The molecule has 0 amide bonds. The largest absolute Gasteiger partial charge is 0.389 e. The molecule has 0 aliphatic heterocycles. The Morgan fingerprint density at radius 1 is 1.35 bits per heavy atom. The summed E-state index contributed by atoms with van der Waals surface area (Å²) >= 11 is 0. The van der Waals surface area contributed by atoms with Crippen LogP contribution in [0.4, 0.5) is 13.2 Å². The number of aromatic nitrogens is 2. The number of aromatic amines is 1. The van der Waals surface area contributed by atoms with Crippen LogP contribution in [-0.4, -0.2) is 38.4 Å². The van der Waals surface area contributed by atoms with E-state index in [1.165, 1.54) is 0 Å². The Morgan fingerprint density at radius 2 is 2.00 bits per heavy atom. The van der Waals surface area contributed by atoms with Gasteiger partial charge >= 0.3 is 6.18 Å². The van der Waals surface area contributed by atoms with Gasteiger partial charge in [0.2, 0.25) is 0 Å². The molecule has 6 nitrogen and oxygen atoms in total. The first-order valence-electron chi connectivity index (χ1n) is 5.92. The molecule has 0 aliphatic rings. The molecule has 0 bridgehead atoms. The summed E-state index contributed by atoms with van der Waals surface area (Å²) in [4.78, 5) is 0. The highest BCUT2D eigenvalue weighted by atomic mass is 32.2. The molecule has 20 heavy (non-hydrogen) atoms. The summed E-state index contributed by atoms with van der Waals surface area (Å²) < 4.78 is 61.9. The summed E-state index contributed by atoms with van der Waals surface area (Å²) in [7, 11) is -2.26. The second-order valence-corrected chi connectivity index (χ2v) is 5.96. The van der Waals surface area contributed by atoms with Gasteiger partial charge in [0, 0.05) is 30.8 Å². The number of nitrogens with zero attached hydrogens (tertiary/aromatic N) is 1. The van der Waals surface area contributed by atoms with Gasteiger partial charge in [0.25, 0.3) is 10.0 Å². The zero-order valence-electron chi connectivity index (χ0n) is 11.1. The molecular formula is C10H17F3N4O2S. The molecule has 0 fully saturated rings. The van der Waals surface area contributed by atoms with E-state index in [1.807, 2.05) is 0 Å². The van der Waals surface area contributed by atoms with Crippen LogP contribution < -0.4 is 10.0 Å². The molecule has 10 heteroatoms. The minimum Gasteiger partial charge on any atom is -0.316 e. The van der Waals surface area contributed by atoms with Gasteiger partial charge in [0.1, 0.15) is 0 Å². The molecule has 1 aromatic heterocycles. The number of nitrogens with one attached hydrogen (secondary N) is 3. The van der Waals surface area contributed by atoms with Crippen LogP contribution in [0.5, 0.6) is 0 Å². The van der Waals surface area contributed by atoms with Crippen LogP contribution >= 0.6 is 0 Å². The van der Waals surface area contributed by atoms with E-state index < -0.39 is 22.6 Å². The predicted molar refractivity (Wildman–Crippen MR) is 66.6 cm³/mol. The molecule has 0 atom stereocenters. The summed E-state index contributed by atoms with van der Waals surface area (Å²) in [6, 6.07) is 0. The average Bonchev–Trinajstić information content (AvgIpc) is 2.67. The highest BCUT2D eigenvalue weighted by Gasteiger charge is 2.27. The quantitative estimate of drug-likeness (QED) is 0.657. The zero-order chi connectivity index (χ0) is 15.4. The summed E-state index contributed by atoms with van der Waals surface area (Å²) in [5.41, 5.74) is 1.06. The molecule has 0 aliphatic carbocycles. The molecule has 0 unspecified atom stereocenters. The lowest BCUT2D eigenvalue weighted by Crippen LogP contribution is -2.27. The van der Waals surface area contributed by atoms with Crippen LogP contribution in [0.3, 0.4) is 0 Å². The third-order valence-corrected chi connectivity index (χ3v) is 4.00. The normalized spacial score (nSPS) is 12.8. The Kier molecular flexibility index (Phi) is 5.54. The van der Waals surface area contributed by atoms with Crippen molar-refractivity contribution in [1.82, 2.24) is 20.2 Å². The van der Waals surface area contributed by atoms with Gasteiger partial charge in [-0.05, 0) is 20.4 Å². The number of H-pyrrole nitrogens is 1. The molecule has 3 N–H and O–H groups in total. The molecular weight excluding hydrogens is 297 g/mol. The Labute approximate surface area is 115 Å². The van der Waals surface area contributed by atoms with E-state index in [9.17, 15) is 21.6 Å². The van der Waals surface area contributed by atoms with Crippen molar-refractivity contribution in [3.05, 3.63) is 11.3 Å². The monoisotopic (exact) mass is 314 g/mol. The van der Waals surface area contributed by atoms with Crippen molar-refractivity contribution < 1.29 is 21.6 Å². The fourth-order valence-electron chi connectivity index (χ4n) is 1.60. The number of hydrogen-bond acceptors (Lipinski definition) is 4. The standard InChI is InChI=1S/C10H17F3N4O2S/c1-7-8(6-14-2)9(17-16-7)20(18,19)15-5-3-4-10(11,12)13/h14-15H,3-6H2,1-2H3,(H,16,17). The van der Waals surface area contributed by atoms with Crippen LogP contribution in [0.15, 0.2) is 5.03 Å². The number of sulfonamides is 1. The first kappa shape index (κ1) is 16.9. The van der Waals surface area contributed by atoms with Gasteiger partial charge in [-0.1, -0.05) is 0 Å². The van der Waals surface area contributed by atoms with Crippen molar-refractivity contribution in [3.63, 3.8) is 0 Å². The fourth-order valence-corrected chi connectivity index (χ4v) is 2.87. The minimum atomic E-state index is -4.29. The lowest BCUT2D eigenvalue weighted by Gasteiger charge is -2.08. The Balaban J connectivity index is 2.70. The third kappa shape index (κ3) is 4.76. The molecule has 116 valence electrons. The van der Waals surface area contributed by atoms with Crippen LogP contribution in [-0.2, 0) is 16.6 Å². The molecule has 0 saturated carbocycles. The summed E-state index contributed by atoms with van der Waals surface area (Å²) in [5.74, 6) is 0. The van der Waals surface area contributed by atoms with E-state index in [4.69, 9.17) is 0 Å². The second-order valence-electron chi connectivity index (χ2n) is 4.28. The highest BCUT2D eigenvalue weighted by Crippen LogP contribution is 2.21. The van der Waals surface area contributed by atoms with Crippen LogP contribution in [0.2, 0.25) is 0 Å². The number of alkyl halides is 3. The van der Waals surface area contributed by atoms with Crippen molar-refractivity contribution in [3.8, 4) is 0 Å². The van der Waals surface area contributed by atoms with Gasteiger partial charge in [-0.3, -0.25) is 5.10 Å². The SMILES string of the molecule is CNCc1c(S(=O)(=O)NCCCC(F)(F)F)n[nH]c1C. The topological polar surface area (TPSA) is 86.9 Å². The van der Waals surface area contributed by atoms with E-state index >= 15 is 0 Å². The van der Waals surface area contributed by atoms with Crippen LogP contribution in [0, 0.1) is 6.92 Å². The van der Waals surface area contributed by atoms with Crippen molar-refractivity contribution in [2.24, 2.45) is 0 Å². The molecule has 0 saturated heterocycles. The van der Waals surface area contributed by atoms with E-state index in [1.54, 1.807) is 14.0 Å². The van der Waals surface area contributed by atoms with Crippen molar-refractivity contribution in [2.45, 2.75) is 37.5 Å². The summed E-state index contributed by atoms with van der Waals surface area (Å²) in [6.07, 6.45) is -5.63. The molecule has 0 spiro atoms. The lowest BCUT2D eigenvalue weighted by atomic mass is 10.3. The van der Waals surface area contributed by atoms with Gasteiger partial charge in [-0.2, -0.15) is 18.3 Å². The third-order valence-electron chi connectivity index (χ3n) is 2.57. The van der Waals surface area contributed by atoms with E-state index in [2.05, 4.69) is 20.2 Å². The smallest absolute Gasteiger partial charge is 0.316 e. The first-order chi connectivity index (χ1) is 9.17. The Bertz CT molecular complexity index is 539. The average molecular weight is 314 g/mol. The van der Waals surface area contributed by atoms with E-state index in [-0.39, 0.29) is 18.0 Å². The minimum absolute atomic E-state index is 0.184. The fraction of sp³-hybridized carbons (Fsp3) is 0.700.